The lowest BCUT2D eigenvalue weighted by Gasteiger charge is -2.27. The van der Waals surface area contributed by atoms with Crippen molar-refractivity contribution in [3.63, 3.8) is 0 Å². The van der Waals surface area contributed by atoms with Gasteiger partial charge in [0.05, 0.1) is 6.61 Å². The zero-order valence-electron chi connectivity index (χ0n) is 12.7. The standard InChI is InChI=1S/C17H27NO2/c1-3-18-14-10-6-5-7-11-15(14)20-17-13-9-8-12-16(17)19-4-2/h8-9,12-15,18H,3-7,10-11H2,1-2H3. The lowest BCUT2D eigenvalue weighted by molar-refractivity contribution is 0.139. The van der Waals surface area contributed by atoms with Crippen LogP contribution >= 0.6 is 0 Å². The zero-order valence-corrected chi connectivity index (χ0v) is 12.7. The van der Waals surface area contributed by atoms with Crippen LogP contribution in [-0.4, -0.2) is 25.3 Å². The lowest BCUT2D eigenvalue weighted by atomic mass is 10.1. The minimum atomic E-state index is 0.249. The van der Waals surface area contributed by atoms with Gasteiger partial charge in [-0.1, -0.05) is 31.9 Å². The average Bonchev–Trinajstić information content (AvgIpc) is 2.68. The maximum absolute atomic E-state index is 6.30. The molecule has 0 heterocycles. The Labute approximate surface area is 122 Å². The summed E-state index contributed by atoms with van der Waals surface area (Å²) >= 11 is 0. The summed E-state index contributed by atoms with van der Waals surface area (Å²) in [7, 11) is 0. The number of benzene rings is 1. The fourth-order valence-electron chi connectivity index (χ4n) is 2.90. The van der Waals surface area contributed by atoms with E-state index in [1.807, 2.05) is 31.2 Å². The second kappa shape index (κ2) is 8.15. The molecule has 0 aromatic heterocycles. The summed E-state index contributed by atoms with van der Waals surface area (Å²) < 4.78 is 12.0. The molecule has 2 unspecified atom stereocenters. The van der Waals surface area contributed by atoms with Crippen molar-refractivity contribution in [2.75, 3.05) is 13.2 Å². The summed E-state index contributed by atoms with van der Waals surface area (Å²) in [6.45, 7) is 5.83. The molecule has 0 bridgehead atoms. The highest BCUT2D eigenvalue weighted by Gasteiger charge is 2.25. The molecule has 1 aromatic carbocycles. The molecule has 20 heavy (non-hydrogen) atoms. The summed E-state index contributed by atoms with van der Waals surface area (Å²) in [5.74, 6) is 1.73. The third kappa shape index (κ3) is 4.14. The Morgan fingerprint density at radius 2 is 1.80 bits per heavy atom. The molecule has 1 N–H and O–H groups in total. The molecule has 0 saturated heterocycles. The third-order valence-corrected chi connectivity index (χ3v) is 3.85. The number of hydrogen-bond donors (Lipinski definition) is 1. The quantitative estimate of drug-likeness (QED) is 0.803. The Morgan fingerprint density at radius 3 is 2.55 bits per heavy atom. The van der Waals surface area contributed by atoms with Gasteiger partial charge < -0.3 is 14.8 Å². The van der Waals surface area contributed by atoms with Gasteiger partial charge in [0, 0.05) is 6.04 Å². The van der Waals surface area contributed by atoms with Crippen LogP contribution in [0.3, 0.4) is 0 Å². The van der Waals surface area contributed by atoms with E-state index in [4.69, 9.17) is 9.47 Å². The van der Waals surface area contributed by atoms with E-state index in [9.17, 15) is 0 Å². The molecule has 1 aliphatic rings. The monoisotopic (exact) mass is 277 g/mol. The van der Waals surface area contributed by atoms with Gasteiger partial charge in [0.2, 0.25) is 0 Å². The van der Waals surface area contributed by atoms with E-state index in [0.717, 1.165) is 24.5 Å². The molecule has 3 heteroatoms. The van der Waals surface area contributed by atoms with Crippen LogP contribution in [0.15, 0.2) is 24.3 Å². The van der Waals surface area contributed by atoms with Gasteiger partial charge in [-0.05, 0) is 44.9 Å². The molecule has 0 radical (unpaired) electrons. The fourth-order valence-corrected chi connectivity index (χ4v) is 2.90. The Kier molecular flexibility index (Phi) is 6.19. The molecule has 1 aliphatic carbocycles. The van der Waals surface area contributed by atoms with E-state index in [-0.39, 0.29) is 6.10 Å². The molecule has 112 valence electrons. The van der Waals surface area contributed by atoms with E-state index < -0.39 is 0 Å². The van der Waals surface area contributed by atoms with Gasteiger partial charge >= 0.3 is 0 Å². The normalized spacial score (nSPS) is 23.1. The second-order valence-corrected chi connectivity index (χ2v) is 5.34. The first-order valence-electron chi connectivity index (χ1n) is 7.97. The van der Waals surface area contributed by atoms with Crippen LogP contribution in [0.2, 0.25) is 0 Å². The first-order valence-corrected chi connectivity index (χ1v) is 7.97. The highest BCUT2D eigenvalue weighted by molar-refractivity contribution is 5.39. The number of para-hydroxylation sites is 2. The lowest BCUT2D eigenvalue weighted by Crippen LogP contribution is -2.42. The highest BCUT2D eigenvalue weighted by atomic mass is 16.5. The first-order chi connectivity index (χ1) is 9.85. The summed E-state index contributed by atoms with van der Waals surface area (Å²) in [5.41, 5.74) is 0. The van der Waals surface area contributed by atoms with Gasteiger partial charge in [-0.2, -0.15) is 0 Å². The number of likely N-dealkylation sites (N-methyl/N-ethyl adjacent to an activating group) is 1. The van der Waals surface area contributed by atoms with Crippen molar-refractivity contribution in [3.8, 4) is 11.5 Å². The summed E-state index contributed by atoms with van der Waals surface area (Å²) in [4.78, 5) is 0. The van der Waals surface area contributed by atoms with E-state index >= 15 is 0 Å². The molecule has 1 aromatic rings. The van der Waals surface area contributed by atoms with Crippen LogP contribution in [0, 0.1) is 0 Å². The SMILES string of the molecule is CCNC1CCCCCC1Oc1ccccc1OCC. The minimum Gasteiger partial charge on any atom is -0.490 e. The number of ether oxygens (including phenoxy) is 2. The van der Waals surface area contributed by atoms with Gasteiger partial charge in [0.15, 0.2) is 11.5 Å². The largest absolute Gasteiger partial charge is 0.490 e. The van der Waals surface area contributed by atoms with Crippen LogP contribution in [0.1, 0.15) is 46.0 Å². The minimum absolute atomic E-state index is 0.249. The molecule has 3 nitrogen and oxygen atoms in total. The molecule has 0 aliphatic heterocycles. The van der Waals surface area contributed by atoms with Crippen LogP contribution in [0.4, 0.5) is 0 Å². The van der Waals surface area contributed by atoms with Gasteiger partial charge in [0.25, 0.3) is 0 Å². The highest BCUT2D eigenvalue weighted by Crippen LogP contribution is 2.30. The van der Waals surface area contributed by atoms with Gasteiger partial charge in [0.1, 0.15) is 6.10 Å². The Hall–Kier alpha value is -1.22. The van der Waals surface area contributed by atoms with Crippen molar-refractivity contribution < 1.29 is 9.47 Å². The summed E-state index contributed by atoms with van der Waals surface area (Å²) in [6, 6.07) is 8.46. The van der Waals surface area contributed by atoms with Gasteiger partial charge in [-0.25, -0.2) is 0 Å². The van der Waals surface area contributed by atoms with E-state index in [1.165, 1.54) is 25.7 Å². The molecule has 0 spiro atoms. The topological polar surface area (TPSA) is 30.5 Å². The summed E-state index contributed by atoms with van der Waals surface area (Å²) in [6.07, 6.45) is 6.44. The van der Waals surface area contributed by atoms with Crippen LogP contribution < -0.4 is 14.8 Å². The van der Waals surface area contributed by atoms with Crippen LogP contribution in [0.25, 0.3) is 0 Å². The number of nitrogens with one attached hydrogen (secondary N) is 1. The van der Waals surface area contributed by atoms with E-state index in [0.29, 0.717) is 12.6 Å². The van der Waals surface area contributed by atoms with Crippen molar-refractivity contribution in [2.45, 2.75) is 58.1 Å². The van der Waals surface area contributed by atoms with E-state index in [2.05, 4.69) is 12.2 Å². The number of rotatable bonds is 6. The molecule has 1 saturated carbocycles. The van der Waals surface area contributed by atoms with Crippen LogP contribution in [-0.2, 0) is 0 Å². The molecule has 0 amide bonds. The average molecular weight is 277 g/mol. The third-order valence-electron chi connectivity index (χ3n) is 3.85. The predicted octanol–water partition coefficient (Wildman–Crippen LogP) is 3.77. The van der Waals surface area contributed by atoms with Crippen molar-refractivity contribution in [1.82, 2.24) is 5.32 Å². The molecular formula is C17H27NO2. The van der Waals surface area contributed by atoms with Gasteiger partial charge in [-0.3, -0.25) is 0 Å². The van der Waals surface area contributed by atoms with Crippen LogP contribution in [0.5, 0.6) is 11.5 Å². The van der Waals surface area contributed by atoms with Crippen molar-refractivity contribution >= 4 is 0 Å². The van der Waals surface area contributed by atoms with Crippen molar-refractivity contribution in [3.05, 3.63) is 24.3 Å². The smallest absolute Gasteiger partial charge is 0.161 e. The Bertz CT molecular complexity index is 394. The zero-order chi connectivity index (χ0) is 14.2. The molecule has 2 rings (SSSR count). The molecular weight excluding hydrogens is 250 g/mol. The van der Waals surface area contributed by atoms with Crippen molar-refractivity contribution in [2.24, 2.45) is 0 Å². The first kappa shape index (κ1) is 15.2. The van der Waals surface area contributed by atoms with Crippen molar-refractivity contribution in [1.29, 1.82) is 0 Å². The molecule has 1 fully saturated rings. The predicted molar refractivity (Wildman–Crippen MR) is 82.6 cm³/mol. The number of hydrogen-bond acceptors (Lipinski definition) is 3. The maximum atomic E-state index is 6.30. The fraction of sp³-hybridized carbons (Fsp3) is 0.647. The Morgan fingerprint density at radius 1 is 1.05 bits per heavy atom. The maximum Gasteiger partial charge on any atom is 0.161 e. The van der Waals surface area contributed by atoms with Gasteiger partial charge in [-0.15, -0.1) is 0 Å². The summed E-state index contributed by atoms with van der Waals surface area (Å²) in [5, 5.41) is 3.58. The van der Waals surface area contributed by atoms with E-state index in [1.54, 1.807) is 0 Å². The molecule has 2 atom stereocenters. The second-order valence-electron chi connectivity index (χ2n) is 5.34. The Balaban J connectivity index is 2.09.